The molecule has 0 aromatic heterocycles. The number of carbonyl (C=O) groups excluding carboxylic acids is 1. The first kappa shape index (κ1) is 16.5. The summed E-state index contributed by atoms with van der Waals surface area (Å²) in [6.07, 6.45) is 0.172. The summed E-state index contributed by atoms with van der Waals surface area (Å²) >= 11 is 0. The van der Waals surface area contributed by atoms with E-state index < -0.39 is 29.7 Å². The van der Waals surface area contributed by atoms with Crippen molar-refractivity contribution >= 4 is 5.91 Å². The maximum atomic E-state index is 13.5. The monoisotopic (exact) mass is 332 g/mol. The molecule has 0 radical (unpaired) electrons. The van der Waals surface area contributed by atoms with Gasteiger partial charge in [0.05, 0.1) is 6.10 Å². The molecule has 24 heavy (non-hydrogen) atoms. The van der Waals surface area contributed by atoms with Crippen LogP contribution in [0.4, 0.5) is 8.78 Å². The molecule has 6 heteroatoms. The summed E-state index contributed by atoms with van der Waals surface area (Å²) in [5.41, 5.74) is 6.80. The fourth-order valence-corrected chi connectivity index (χ4v) is 2.98. The van der Waals surface area contributed by atoms with Gasteiger partial charge in [-0.3, -0.25) is 10.1 Å². The number of ether oxygens (including phenoxy) is 1. The molecule has 1 amide bonds. The molecular weight excluding hydrogens is 314 g/mol. The summed E-state index contributed by atoms with van der Waals surface area (Å²) in [7, 11) is 0. The Balaban J connectivity index is 1.82. The molecule has 0 saturated carbocycles. The van der Waals surface area contributed by atoms with E-state index in [4.69, 9.17) is 10.5 Å². The van der Waals surface area contributed by atoms with E-state index in [1.54, 1.807) is 0 Å². The standard InChI is InChI=1S/C18H18F2N2O2/c19-13-7-6-12(10-14(13)20)17-15(8-9-24-17)22-16(18(21)23)11-4-2-1-3-5-11/h1-7,10,15-17,22H,8-9H2,(H2,21,23)/t15-,16-,17+/m1/s1. The van der Waals surface area contributed by atoms with Crippen LogP contribution in [-0.4, -0.2) is 18.6 Å². The maximum Gasteiger partial charge on any atom is 0.239 e. The lowest BCUT2D eigenvalue weighted by molar-refractivity contribution is -0.120. The average Bonchev–Trinajstić information content (AvgIpc) is 3.04. The highest BCUT2D eigenvalue weighted by Crippen LogP contribution is 2.31. The van der Waals surface area contributed by atoms with E-state index in [2.05, 4.69) is 5.32 Å². The minimum absolute atomic E-state index is 0.229. The number of benzene rings is 2. The van der Waals surface area contributed by atoms with Gasteiger partial charge in [-0.05, 0) is 29.7 Å². The molecule has 0 spiro atoms. The summed E-state index contributed by atoms with van der Waals surface area (Å²) in [6, 6.07) is 11.9. The smallest absolute Gasteiger partial charge is 0.239 e. The molecule has 2 aromatic rings. The van der Waals surface area contributed by atoms with Crippen molar-refractivity contribution in [2.24, 2.45) is 5.73 Å². The van der Waals surface area contributed by atoms with Crippen LogP contribution in [0.3, 0.4) is 0 Å². The lowest BCUT2D eigenvalue weighted by Crippen LogP contribution is -2.41. The van der Waals surface area contributed by atoms with Gasteiger partial charge >= 0.3 is 0 Å². The third-order valence-corrected chi connectivity index (χ3v) is 4.16. The number of rotatable bonds is 5. The summed E-state index contributed by atoms with van der Waals surface area (Å²) in [5, 5.41) is 3.20. The van der Waals surface area contributed by atoms with Crippen LogP contribution in [-0.2, 0) is 9.53 Å². The van der Waals surface area contributed by atoms with Gasteiger partial charge in [0.25, 0.3) is 0 Å². The highest BCUT2D eigenvalue weighted by atomic mass is 19.2. The molecule has 3 rings (SSSR count). The predicted molar refractivity (Wildman–Crippen MR) is 85.0 cm³/mol. The summed E-state index contributed by atoms with van der Waals surface area (Å²) in [5.74, 6) is -2.33. The minimum atomic E-state index is -0.920. The summed E-state index contributed by atoms with van der Waals surface area (Å²) < 4.78 is 32.3. The van der Waals surface area contributed by atoms with Gasteiger partial charge in [0, 0.05) is 12.6 Å². The van der Waals surface area contributed by atoms with Crippen LogP contribution >= 0.6 is 0 Å². The Kier molecular flexibility index (Phi) is 4.87. The zero-order valence-electron chi connectivity index (χ0n) is 12.9. The third-order valence-electron chi connectivity index (χ3n) is 4.16. The normalized spacial score (nSPS) is 21.6. The zero-order valence-corrected chi connectivity index (χ0v) is 12.9. The number of hydrogen-bond acceptors (Lipinski definition) is 3. The fourth-order valence-electron chi connectivity index (χ4n) is 2.98. The van der Waals surface area contributed by atoms with Crippen molar-refractivity contribution < 1.29 is 18.3 Å². The van der Waals surface area contributed by atoms with Gasteiger partial charge in [0.1, 0.15) is 6.04 Å². The fraction of sp³-hybridized carbons (Fsp3) is 0.278. The molecule has 1 aliphatic rings. The van der Waals surface area contributed by atoms with E-state index in [1.165, 1.54) is 6.07 Å². The largest absolute Gasteiger partial charge is 0.372 e. The Hall–Kier alpha value is -2.31. The molecule has 0 unspecified atom stereocenters. The Labute approximate surface area is 138 Å². The number of nitrogens with two attached hydrogens (primary N) is 1. The second-order valence-electron chi connectivity index (χ2n) is 5.77. The molecule has 126 valence electrons. The number of halogens is 2. The SMILES string of the molecule is NC(=O)[C@H](N[C@@H]1CCO[C@H]1c1ccc(F)c(F)c1)c1ccccc1. The van der Waals surface area contributed by atoms with Crippen molar-refractivity contribution in [3.8, 4) is 0 Å². The third kappa shape index (κ3) is 3.44. The van der Waals surface area contributed by atoms with E-state index in [-0.39, 0.29) is 6.04 Å². The first-order valence-corrected chi connectivity index (χ1v) is 7.73. The van der Waals surface area contributed by atoms with E-state index in [1.807, 2.05) is 30.3 Å². The van der Waals surface area contributed by atoms with Crippen molar-refractivity contribution in [1.82, 2.24) is 5.32 Å². The highest BCUT2D eigenvalue weighted by molar-refractivity contribution is 5.81. The molecule has 0 bridgehead atoms. The average molecular weight is 332 g/mol. The predicted octanol–water partition coefficient (Wildman–Crippen LogP) is 2.61. The highest BCUT2D eigenvalue weighted by Gasteiger charge is 2.33. The van der Waals surface area contributed by atoms with Crippen LogP contribution in [0.15, 0.2) is 48.5 Å². The number of primary amides is 1. The molecule has 1 heterocycles. The van der Waals surface area contributed by atoms with Crippen molar-refractivity contribution in [1.29, 1.82) is 0 Å². The van der Waals surface area contributed by atoms with Crippen LogP contribution in [0.1, 0.15) is 29.7 Å². The summed E-state index contributed by atoms with van der Waals surface area (Å²) in [6.45, 7) is 0.460. The van der Waals surface area contributed by atoms with Gasteiger partial charge < -0.3 is 10.5 Å². The van der Waals surface area contributed by atoms with Gasteiger partial charge in [-0.25, -0.2) is 8.78 Å². The maximum absolute atomic E-state index is 13.5. The number of hydrogen-bond donors (Lipinski definition) is 2. The van der Waals surface area contributed by atoms with E-state index >= 15 is 0 Å². The van der Waals surface area contributed by atoms with Crippen molar-refractivity contribution in [3.63, 3.8) is 0 Å². The van der Waals surface area contributed by atoms with Crippen molar-refractivity contribution in [2.45, 2.75) is 24.6 Å². The second kappa shape index (κ2) is 7.07. The van der Waals surface area contributed by atoms with Gasteiger partial charge in [0.2, 0.25) is 5.91 Å². The van der Waals surface area contributed by atoms with Gasteiger partial charge in [0.15, 0.2) is 11.6 Å². The Bertz CT molecular complexity index is 724. The molecule has 0 aliphatic carbocycles. The Morgan fingerprint density at radius 3 is 2.58 bits per heavy atom. The van der Waals surface area contributed by atoms with Crippen LogP contribution in [0.25, 0.3) is 0 Å². The van der Waals surface area contributed by atoms with Crippen molar-refractivity contribution in [2.75, 3.05) is 6.61 Å². The second-order valence-corrected chi connectivity index (χ2v) is 5.77. The first-order chi connectivity index (χ1) is 11.6. The molecule has 4 nitrogen and oxygen atoms in total. The molecular formula is C18H18F2N2O2. The number of amides is 1. The van der Waals surface area contributed by atoms with E-state index in [0.717, 1.165) is 17.7 Å². The molecule has 3 N–H and O–H groups in total. The molecule has 1 aliphatic heterocycles. The lowest BCUT2D eigenvalue weighted by atomic mass is 9.99. The Morgan fingerprint density at radius 1 is 1.17 bits per heavy atom. The van der Waals surface area contributed by atoms with E-state index in [9.17, 15) is 13.6 Å². The first-order valence-electron chi connectivity index (χ1n) is 7.73. The van der Waals surface area contributed by atoms with Crippen LogP contribution in [0, 0.1) is 11.6 Å². The number of nitrogens with one attached hydrogen (secondary N) is 1. The van der Waals surface area contributed by atoms with Crippen molar-refractivity contribution in [3.05, 3.63) is 71.3 Å². The quantitative estimate of drug-likeness (QED) is 0.885. The molecule has 2 aromatic carbocycles. The van der Waals surface area contributed by atoms with Gasteiger partial charge in [-0.2, -0.15) is 0 Å². The van der Waals surface area contributed by atoms with Crippen LogP contribution < -0.4 is 11.1 Å². The molecule has 1 saturated heterocycles. The topological polar surface area (TPSA) is 64.4 Å². The van der Waals surface area contributed by atoms with Gasteiger partial charge in [-0.1, -0.05) is 36.4 Å². The minimum Gasteiger partial charge on any atom is -0.372 e. The van der Waals surface area contributed by atoms with Gasteiger partial charge in [-0.15, -0.1) is 0 Å². The van der Waals surface area contributed by atoms with Crippen LogP contribution in [0.5, 0.6) is 0 Å². The number of carbonyl (C=O) groups is 1. The molecule has 3 atom stereocenters. The molecule has 1 fully saturated rings. The lowest BCUT2D eigenvalue weighted by Gasteiger charge is -2.25. The Morgan fingerprint density at radius 2 is 1.92 bits per heavy atom. The van der Waals surface area contributed by atoms with E-state index in [0.29, 0.717) is 18.6 Å². The van der Waals surface area contributed by atoms with Crippen LogP contribution in [0.2, 0.25) is 0 Å². The zero-order chi connectivity index (χ0) is 17.1. The summed E-state index contributed by atoms with van der Waals surface area (Å²) in [4.78, 5) is 11.8.